The molecule has 0 aromatic rings. The summed E-state index contributed by atoms with van der Waals surface area (Å²) in [6.45, 7) is 0. The van der Waals surface area contributed by atoms with Crippen LogP contribution < -0.4 is 17.2 Å². The van der Waals surface area contributed by atoms with E-state index < -0.39 is 11.8 Å². The molecule has 0 spiro atoms. The Morgan fingerprint density at radius 3 is 1.88 bits per heavy atom. The minimum atomic E-state index is -1.85. The van der Waals surface area contributed by atoms with Crippen LogP contribution in [0.1, 0.15) is 0 Å². The van der Waals surface area contributed by atoms with Crippen molar-refractivity contribution in [2.24, 2.45) is 17.2 Å². The van der Waals surface area contributed by atoms with Crippen molar-refractivity contribution in [1.29, 1.82) is 0 Å². The van der Waals surface area contributed by atoms with Crippen LogP contribution in [0.5, 0.6) is 0 Å². The highest BCUT2D eigenvalue weighted by Gasteiger charge is 2.23. The summed E-state index contributed by atoms with van der Waals surface area (Å²) in [6, 6.07) is 0. The zero-order chi connectivity index (χ0) is 6.78. The van der Waals surface area contributed by atoms with Gasteiger partial charge in [0.05, 0.1) is 7.11 Å². The summed E-state index contributed by atoms with van der Waals surface area (Å²) in [6.07, 6.45) is 0. The fraction of sp³-hybridized carbons (Fsp3) is 0.667. The molecular formula is C3H9N3O2. The van der Waals surface area contributed by atoms with Crippen molar-refractivity contribution < 1.29 is 9.53 Å². The summed E-state index contributed by atoms with van der Waals surface area (Å²) in [4.78, 5) is 10.2. The largest absolute Gasteiger partial charge is 0.466 e. The highest BCUT2D eigenvalue weighted by molar-refractivity contribution is 5.78. The topological polar surface area (TPSA) is 104 Å². The Balaban J connectivity index is 3.82. The Bertz CT molecular complexity index is 95.2. The number of methoxy groups -OCH3 is 1. The average molecular weight is 119 g/mol. The van der Waals surface area contributed by atoms with Gasteiger partial charge in [0.15, 0.2) is 0 Å². The first kappa shape index (κ1) is 7.35. The third-order valence-electron chi connectivity index (χ3n) is 0.539. The van der Waals surface area contributed by atoms with Crippen LogP contribution in [-0.2, 0) is 9.53 Å². The van der Waals surface area contributed by atoms with Gasteiger partial charge in [-0.1, -0.05) is 0 Å². The molecule has 0 rings (SSSR count). The lowest BCUT2D eigenvalue weighted by Crippen LogP contribution is -2.64. The van der Waals surface area contributed by atoms with Crippen LogP contribution in [-0.4, -0.2) is 18.9 Å². The molecule has 6 N–H and O–H groups in total. The van der Waals surface area contributed by atoms with Crippen LogP contribution in [0.25, 0.3) is 0 Å². The van der Waals surface area contributed by atoms with Gasteiger partial charge >= 0.3 is 5.97 Å². The van der Waals surface area contributed by atoms with E-state index in [4.69, 9.17) is 17.2 Å². The summed E-state index contributed by atoms with van der Waals surface area (Å²) < 4.78 is 4.10. The molecule has 0 amide bonds. The minimum Gasteiger partial charge on any atom is -0.466 e. The van der Waals surface area contributed by atoms with Gasteiger partial charge in [-0.25, -0.2) is 4.79 Å². The molecule has 48 valence electrons. The van der Waals surface area contributed by atoms with Crippen molar-refractivity contribution in [2.75, 3.05) is 7.11 Å². The molecule has 0 aliphatic rings. The van der Waals surface area contributed by atoms with Crippen LogP contribution in [0.2, 0.25) is 0 Å². The van der Waals surface area contributed by atoms with E-state index in [1.165, 1.54) is 0 Å². The highest BCUT2D eigenvalue weighted by Crippen LogP contribution is 1.79. The van der Waals surface area contributed by atoms with Crippen LogP contribution in [0.15, 0.2) is 0 Å². The molecule has 0 saturated carbocycles. The molecule has 0 heterocycles. The van der Waals surface area contributed by atoms with Crippen molar-refractivity contribution >= 4 is 5.97 Å². The van der Waals surface area contributed by atoms with Gasteiger partial charge in [0.25, 0.3) is 0 Å². The van der Waals surface area contributed by atoms with Crippen molar-refractivity contribution in [2.45, 2.75) is 5.79 Å². The van der Waals surface area contributed by atoms with E-state index in [-0.39, 0.29) is 0 Å². The van der Waals surface area contributed by atoms with Gasteiger partial charge in [-0.2, -0.15) is 0 Å². The predicted molar refractivity (Wildman–Crippen MR) is 27.3 cm³/mol. The lowest BCUT2D eigenvalue weighted by atomic mass is 10.4. The maximum Gasteiger partial charge on any atom is 0.356 e. The van der Waals surface area contributed by atoms with Crippen LogP contribution >= 0.6 is 0 Å². The zero-order valence-corrected chi connectivity index (χ0v) is 4.55. The second-order valence-corrected chi connectivity index (χ2v) is 1.42. The number of rotatable bonds is 1. The van der Waals surface area contributed by atoms with Gasteiger partial charge in [-0.15, -0.1) is 0 Å². The minimum absolute atomic E-state index is 0.836. The number of carbonyl (C=O) groups is 1. The molecule has 0 bridgehead atoms. The van der Waals surface area contributed by atoms with Gasteiger partial charge in [0.2, 0.25) is 5.79 Å². The van der Waals surface area contributed by atoms with E-state index in [1.54, 1.807) is 0 Å². The number of ether oxygens (including phenoxy) is 1. The van der Waals surface area contributed by atoms with Crippen LogP contribution in [0.3, 0.4) is 0 Å². The quantitative estimate of drug-likeness (QED) is 0.266. The average Bonchev–Trinajstić information content (AvgIpc) is 1.62. The van der Waals surface area contributed by atoms with E-state index in [1.807, 2.05) is 0 Å². The summed E-state index contributed by atoms with van der Waals surface area (Å²) in [5.41, 5.74) is 14.6. The molecule has 0 aromatic carbocycles. The summed E-state index contributed by atoms with van der Waals surface area (Å²) in [7, 11) is 1.16. The van der Waals surface area contributed by atoms with Crippen LogP contribution in [0.4, 0.5) is 0 Å². The zero-order valence-electron chi connectivity index (χ0n) is 4.55. The number of hydrogen-bond donors (Lipinski definition) is 3. The molecule has 5 nitrogen and oxygen atoms in total. The van der Waals surface area contributed by atoms with Crippen LogP contribution in [0, 0.1) is 0 Å². The first-order chi connectivity index (χ1) is 3.48. The van der Waals surface area contributed by atoms with Crippen molar-refractivity contribution in [1.82, 2.24) is 0 Å². The second-order valence-electron chi connectivity index (χ2n) is 1.42. The SMILES string of the molecule is COC(=O)C(N)(N)N. The molecule has 0 radical (unpaired) electrons. The third kappa shape index (κ3) is 1.87. The first-order valence-corrected chi connectivity index (χ1v) is 1.93. The van der Waals surface area contributed by atoms with Gasteiger partial charge in [-0.05, 0) is 0 Å². The molecule has 5 heteroatoms. The Morgan fingerprint density at radius 2 is 1.88 bits per heavy atom. The smallest absolute Gasteiger partial charge is 0.356 e. The van der Waals surface area contributed by atoms with E-state index in [9.17, 15) is 4.79 Å². The lowest BCUT2D eigenvalue weighted by Gasteiger charge is -2.13. The van der Waals surface area contributed by atoms with Gasteiger partial charge in [0.1, 0.15) is 0 Å². The first-order valence-electron chi connectivity index (χ1n) is 1.93. The van der Waals surface area contributed by atoms with Crippen molar-refractivity contribution in [3.8, 4) is 0 Å². The molecule has 0 aromatic heterocycles. The summed E-state index contributed by atoms with van der Waals surface area (Å²) >= 11 is 0. The molecule has 0 atom stereocenters. The Morgan fingerprint density at radius 1 is 1.50 bits per heavy atom. The maximum absolute atomic E-state index is 10.2. The van der Waals surface area contributed by atoms with Gasteiger partial charge in [0, 0.05) is 0 Å². The molecule has 0 saturated heterocycles. The monoisotopic (exact) mass is 119 g/mol. The van der Waals surface area contributed by atoms with Gasteiger partial charge in [-0.3, -0.25) is 17.2 Å². The number of nitrogens with two attached hydrogens (primary N) is 3. The lowest BCUT2D eigenvalue weighted by molar-refractivity contribution is -0.146. The Labute approximate surface area is 46.8 Å². The van der Waals surface area contributed by atoms with E-state index in [2.05, 4.69) is 4.74 Å². The van der Waals surface area contributed by atoms with E-state index in [0.29, 0.717) is 0 Å². The molecular weight excluding hydrogens is 110 g/mol. The highest BCUT2D eigenvalue weighted by atomic mass is 16.5. The van der Waals surface area contributed by atoms with Crippen molar-refractivity contribution in [3.63, 3.8) is 0 Å². The molecule has 8 heavy (non-hydrogen) atoms. The standard InChI is InChI=1S/C3H9N3O2/c1-8-2(7)3(4,5)6/h4-6H2,1H3. The predicted octanol–water partition coefficient (Wildman–Crippen LogP) is -2.31. The molecule has 0 unspecified atom stereocenters. The fourth-order valence-corrected chi connectivity index (χ4v) is 0.177. The second kappa shape index (κ2) is 2.08. The number of hydrogen-bond acceptors (Lipinski definition) is 5. The molecule has 0 fully saturated rings. The summed E-state index contributed by atoms with van der Waals surface area (Å²) in [5.74, 6) is -2.69. The number of carbonyl (C=O) groups excluding carboxylic acids is 1. The van der Waals surface area contributed by atoms with E-state index >= 15 is 0 Å². The third-order valence-corrected chi connectivity index (χ3v) is 0.539. The fourth-order valence-electron chi connectivity index (χ4n) is 0.177. The molecule has 0 aliphatic heterocycles. The normalized spacial score (nSPS) is 11.0. The summed E-state index contributed by atoms with van der Waals surface area (Å²) in [5, 5.41) is 0. The Kier molecular flexibility index (Phi) is 1.91. The Hall–Kier alpha value is -0.650. The van der Waals surface area contributed by atoms with Gasteiger partial charge < -0.3 is 4.74 Å². The number of esters is 1. The van der Waals surface area contributed by atoms with Crippen molar-refractivity contribution in [3.05, 3.63) is 0 Å². The maximum atomic E-state index is 10.2. The molecule has 0 aliphatic carbocycles. The van der Waals surface area contributed by atoms with E-state index in [0.717, 1.165) is 7.11 Å².